The van der Waals surface area contributed by atoms with Crippen LogP contribution >= 0.6 is 0 Å². The first-order valence-corrected chi connectivity index (χ1v) is 9.83. The molecule has 0 saturated carbocycles. The summed E-state index contributed by atoms with van der Waals surface area (Å²) in [4.78, 5) is 12.4. The standard InChI is InChI=1S/C17H28N2O3S/c1-4-7-8-14(6-3)17(20)19-15-9-11-16(12-10-15)23(21,22)18-13-5-2/h9-12,14,18H,4-8,13H2,1-3H3,(H,19,20). The van der Waals surface area contributed by atoms with Gasteiger partial charge in [0.2, 0.25) is 15.9 Å². The number of anilines is 1. The Morgan fingerprint density at radius 1 is 1.09 bits per heavy atom. The molecule has 130 valence electrons. The Bertz CT molecular complexity index is 582. The van der Waals surface area contributed by atoms with Crippen molar-refractivity contribution in [3.63, 3.8) is 0 Å². The molecule has 0 aromatic heterocycles. The number of rotatable bonds is 10. The molecule has 0 saturated heterocycles. The quantitative estimate of drug-likeness (QED) is 0.684. The molecule has 0 spiro atoms. The summed E-state index contributed by atoms with van der Waals surface area (Å²) in [5, 5.41) is 2.87. The van der Waals surface area contributed by atoms with Gasteiger partial charge in [0.15, 0.2) is 0 Å². The van der Waals surface area contributed by atoms with Gasteiger partial charge in [0.05, 0.1) is 4.90 Å². The first-order valence-electron chi connectivity index (χ1n) is 8.35. The molecule has 2 N–H and O–H groups in total. The number of hydrogen-bond donors (Lipinski definition) is 2. The second-order valence-electron chi connectivity index (χ2n) is 5.66. The van der Waals surface area contributed by atoms with Gasteiger partial charge in [0, 0.05) is 18.2 Å². The highest BCUT2D eigenvalue weighted by molar-refractivity contribution is 7.89. The van der Waals surface area contributed by atoms with Gasteiger partial charge in [-0.2, -0.15) is 0 Å². The third kappa shape index (κ3) is 6.31. The monoisotopic (exact) mass is 340 g/mol. The van der Waals surface area contributed by atoms with E-state index in [9.17, 15) is 13.2 Å². The van der Waals surface area contributed by atoms with Gasteiger partial charge in [-0.3, -0.25) is 4.79 Å². The van der Waals surface area contributed by atoms with Crippen LogP contribution in [0.1, 0.15) is 52.9 Å². The maximum Gasteiger partial charge on any atom is 0.240 e. The van der Waals surface area contributed by atoms with Crippen LogP contribution in [0.2, 0.25) is 0 Å². The molecule has 0 heterocycles. The minimum atomic E-state index is -3.46. The fourth-order valence-corrected chi connectivity index (χ4v) is 3.39. The Kier molecular flexibility index (Phi) is 8.26. The topological polar surface area (TPSA) is 75.3 Å². The molecule has 0 aliphatic carbocycles. The Morgan fingerprint density at radius 3 is 2.26 bits per heavy atom. The van der Waals surface area contributed by atoms with E-state index in [1.807, 2.05) is 13.8 Å². The van der Waals surface area contributed by atoms with Gasteiger partial charge in [0.25, 0.3) is 0 Å². The van der Waals surface area contributed by atoms with Crippen molar-refractivity contribution in [2.24, 2.45) is 5.92 Å². The summed E-state index contributed by atoms with van der Waals surface area (Å²) in [5.74, 6) is 0.00486. The van der Waals surface area contributed by atoms with E-state index in [4.69, 9.17) is 0 Å². The average molecular weight is 340 g/mol. The zero-order chi connectivity index (χ0) is 17.3. The Labute approximate surface area is 139 Å². The second-order valence-corrected chi connectivity index (χ2v) is 7.43. The molecule has 23 heavy (non-hydrogen) atoms. The van der Waals surface area contributed by atoms with E-state index in [1.165, 1.54) is 12.1 Å². The van der Waals surface area contributed by atoms with E-state index in [0.29, 0.717) is 12.2 Å². The molecular formula is C17H28N2O3S. The maximum absolute atomic E-state index is 12.2. The summed E-state index contributed by atoms with van der Waals surface area (Å²) in [6.45, 7) is 6.44. The lowest BCUT2D eigenvalue weighted by atomic mass is 9.98. The van der Waals surface area contributed by atoms with Crippen LogP contribution in [0.3, 0.4) is 0 Å². The van der Waals surface area contributed by atoms with Crippen LogP contribution in [0.15, 0.2) is 29.2 Å². The van der Waals surface area contributed by atoms with Crippen molar-refractivity contribution in [3.05, 3.63) is 24.3 Å². The molecule has 0 radical (unpaired) electrons. The van der Waals surface area contributed by atoms with Crippen molar-refractivity contribution in [1.82, 2.24) is 4.72 Å². The fraction of sp³-hybridized carbons (Fsp3) is 0.588. The molecule has 5 nitrogen and oxygen atoms in total. The minimum Gasteiger partial charge on any atom is -0.326 e. The summed E-state index contributed by atoms with van der Waals surface area (Å²) < 4.78 is 26.5. The maximum atomic E-state index is 12.2. The van der Waals surface area contributed by atoms with Crippen molar-refractivity contribution in [2.45, 2.75) is 57.8 Å². The van der Waals surface area contributed by atoms with E-state index in [1.54, 1.807) is 12.1 Å². The third-order valence-electron chi connectivity index (χ3n) is 3.74. The van der Waals surface area contributed by atoms with Gasteiger partial charge in [0.1, 0.15) is 0 Å². The molecule has 1 unspecified atom stereocenters. The van der Waals surface area contributed by atoms with Gasteiger partial charge < -0.3 is 5.32 Å². The van der Waals surface area contributed by atoms with Crippen molar-refractivity contribution < 1.29 is 13.2 Å². The Balaban J connectivity index is 2.71. The van der Waals surface area contributed by atoms with Crippen LogP contribution in [0.25, 0.3) is 0 Å². The van der Waals surface area contributed by atoms with Gasteiger partial charge in [-0.1, -0.05) is 33.6 Å². The highest BCUT2D eigenvalue weighted by Gasteiger charge is 2.17. The minimum absolute atomic E-state index is 0.000616. The third-order valence-corrected chi connectivity index (χ3v) is 5.22. The second kappa shape index (κ2) is 9.67. The number of amides is 1. The normalized spacial score (nSPS) is 12.8. The summed E-state index contributed by atoms with van der Waals surface area (Å²) in [7, 11) is -3.46. The number of sulfonamides is 1. The number of carbonyl (C=O) groups excluding carboxylic acids is 1. The molecule has 0 aliphatic rings. The number of nitrogens with one attached hydrogen (secondary N) is 2. The van der Waals surface area contributed by atoms with E-state index >= 15 is 0 Å². The van der Waals surface area contributed by atoms with Crippen LogP contribution in [0, 0.1) is 5.92 Å². The summed E-state index contributed by atoms with van der Waals surface area (Å²) in [6, 6.07) is 6.29. The van der Waals surface area contributed by atoms with Gasteiger partial charge in [-0.25, -0.2) is 13.1 Å². The highest BCUT2D eigenvalue weighted by atomic mass is 32.2. The van der Waals surface area contributed by atoms with Crippen LogP contribution in [-0.2, 0) is 14.8 Å². The van der Waals surface area contributed by atoms with E-state index in [-0.39, 0.29) is 16.7 Å². The lowest BCUT2D eigenvalue weighted by Gasteiger charge is -2.15. The van der Waals surface area contributed by atoms with Crippen LogP contribution in [0.4, 0.5) is 5.69 Å². The predicted molar refractivity (Wildman–Crippen MR) is 93.9 cm³/mol. The molecule has 0 fully saturated rings. The zero-order valence-electron chi connectivity index (χ0n) is 14.3. The number of hydrogen-bond acceptors (Lipinski definition) is 3. The predicted octanol–water partition coefficient (Wildman–Crippen LogP) is 3.53. The lowest BCUT2D eigenvalue weighted by Crippen LogP contribution is -2.24. The lowest BCUT2D eigenvalue weighted by molar-refractivity contribution is -0.120. The molecule has 1 aromatic carbocycles. The summed E-state index contributed by atoms with van der Waals surface area (Å²) >= 11 is 0. The van der Waals surface area contributed by atoms with Gasteiger partial charge in [-0.05, 0) is 43.5 Å². The molecule has 1 aromatic rings. The highest BCUT2D eigenvalue weighted by Crippen LogP contribution is 2.18. The van der Waals surface area contributed by atoms with E-state index < -0.39 is 10.0 Å². The molecule has 0 bridgehead atoms. The molecule has 1 atom stereocenters. The molecule has 1 rings (SSSR count). The largest absolute Gasteiger partial charge is 0.326 e. The first-order chi connectivity index (χ1) is 10.9. The van der Waals surface area contributed by atoms with Gasteiger partial charge >= 0.3 is 0 Å². The average Bonchev–Trinajstić information content (AvgIpc) is 2.54. The Hall–Kier alpha value is -1.40. The van der Waals surface area contributed by atoms with Crippen molar-refractivity contribution in [2.75, 3.05) is 11.9 Å². The molecule has 6 heteroatoms. The molecule has 0 aliphatic heterocycles. The first kappa shape index (κ1) is 19.6. The number of carbonyl (C=O) groups is 1. The van der Waals surface area contributed by atoms with Gasteiger partial charge in [-0.15, -0.1) is 0 Å². The number of unbranched alkanes of at least 4 members (excludes halogenated alkanes) is 1. The Morgan fingerprint density at radius 2 is 1.74 bits per heavy atom. The smallest absolute Gasteiger partial charge is 0.240 e. The zero-order valence-corrected chi connectivity index (χ0v) is 15.1. The number of benzene rings is 1. The van der Waals surface area contributed by atoms with Crippen molar-refractivity contribution >= 4 is 21.6 Å². The molecule has 1 amide bonds. The van der Waals surface area contributed by atoms with E-state index in [0.717, 1.165) is 32.1 Å². The van der Waals surface area contributed by atoms with Crippen LogP contribution in [0.5, 0.6) is 0 Å². The molecular weight excluding hydrogens is 312 g/mol. The fourth-order valence-electron chi connectivity index (χ4n) is 2.25. The summed E-state index contributed by atoms with van der Waals surface area (Å²) in [5.41, 5.74) is 0.624. The summed E-state index contributed by atoms with van der Waals surface area (Å²) in [6.07, 6.45) is 4.53. The van der Waals surface area contributed by atoms with Crippen molar-refractivity contribution in [3.8, 4) is 0 Å². The van der Waals surface area contributed by atoms with Crippen LogP contribution < -0.4 is 10.0 Å². The SMILES string of the molecule is CCCCC(CC)C(=O)Nc1ccc(S(=O)(=O)NCCC)cc1. The van der Waals surface area contributed by atoms with Crippen LogP contribution in [-0.4, -0.2) is 20.9 Å². The van der Waals surface area contributed by atoms with E-state index in [2.05, 4.69) is 17.0 Å². The van der Waals surface area contributed by atoms with Crippen molar-refractivity contribution in [1.29, 1.82) is 0 Å².